The van der Waals surface area contributed by atoms with Gasteiger partial charge in [0, 0.05) is 27.9 Å². The Balaban J connectivity index is 0.00000196. The van der Waals surface area contributed by atoms with Gasteiger partial charge in [0.2, 0.25) is 0 Å². The van der Waals surface area contributed by atoms with Crippen molar-refractivity contribution in [1.29, 1.82) is 0 Å². The number of hydrogen-bond donors (Lipinski definition) is 3. The maximum atomic E-state index is 12.2. The first-order valence-corrected chi connectivity index (χ1v) is 9.02. The first-order valence-electron chi connectivity index (χ1n) is 8.14. The number of aromatic amines is 1. The fraction of sp³-hybridized carbons (Fsp3) is 0.150. The molecule has 0 saturated heterocycles. The zero-order chi connectivity index (χ0) is 17.6. The number of rotatable bonds is 3. The van der Waals surface area contributed by atoms with E-state index in [1.807, 2.05) is 42.6 Å². The van der Waals surface area contributed by atoms with E-state index in [1.165, 1.54) is 11.3 Å². The van der Waals surface area contributed by atoms with Crippen LogP contribution >= 0.6 is 23.7 Å². The summed E-state index contributed by atoms with van der Waals surface area (Å²) >= 11 is 1.41. The second kappa shape index (κ2) is 7.11. The van der Waals surface area contributed by atoms with Crippen LogP contribution in [0.1, 0.15) is 12.5 Å². The van der Waals surface area contributed by atoms with Crippen LogP contribution in [0.4, 0.5) is 0 Å². The van der Waals surface area contributed by atoms with Crippen molar-refractivity contribution in [3.05, 3.63) is 63.8 Å². The largest absolute Gasteiger partial charge is 0.507 e. The Kier molecular flexibility index (Phi) is 5.05. The summed E-state index contributed by atoms with van der Waals surface area (Å²) in [5.41, 5.74) is 9.31. The normalized spacial score (nSPS) is 12.2. The van der Waals surface area contributed by atoms with Gasteiger partial charge in [-0.15, -0.1) is 23.7 Å². The van der Waals surface area contributed by atoms with E-state index in [4.69, 9.17) is 5.73 Å². The Labute approximate surface area is 160 Å². The number of fused-ring (bicyclic) bond motifs is 3. The van der Waals surface area contributed by atoms with Crippen molar-refractivity contribution in [2.75, 3.05) is 0 Å². The van der Waals surface area contributed by atoms with E-state index in [2.05, 4.69) is 4.98 Å². The van der Waals surface area contributed by atoms with E-state index in [9.17, 15) is 9.90 Å². The number of aromatic nitrogens is 1. The number of hydrogen-bond acceptors (Lipinski definition) is 4. The van der Waals surface area contributed by atoms with Crippen LogP contribution in [0, 0.1) is 0 Å². The second-order valence-corrected chi connectivity index (χ2v) is 7.29. The van der Waals surface area contributed by atoms with E-state index >= 15 is 0 Å². The minimum Gasteiger partial charge on any atom is -0.507 e. The van der Waals surface area contributed by atoms with E-state index < -0.39 is 0 Å². The van der Waals surface area contributed by atoms with Gasteiger partial charge in [-0.25, -0.2) is 0 Å². The van der Waals surface area contributed by atoms with Gasteiger partial charge in [-0.1, -0.05) is 24.3 Å². The molecule has 0 aliphatic carbocycles. The molecule has 0 fully saturated rings. The molecule has 0 amide bonds. The molecule has 0 spiro atoms. The molecule has 2 heterocycles. The summed E-state index contributed by atoms with van der Waals surface area (Å²) < 4.78 is 0.674. The van der Waals surface area contributed by atoms with Crippen molar-refractivity contribution in [3.63, 3.8) is 0 Å². The van der Waals surface area contributed by atoms with Gasteiger partial charge in [0.15, 0.2) is 0 Å². The number of thiophene rings is 1. The van der Waals surface area contributed by atoms with E-state index in [0.717, 1.165) is 39.4 Å². The number of halogens is 1. The average Bonchev–Trinajstić information content (AvgIpc) is 3.06. The minimum atomic E-state index is -0.0959. The van der Waals surface area contributed by atoms with Gasteiger partial charge in [0.1, 0.15) is 10.4 Å². The summed E-state index contributed by atoms with van der Waals surface area (Å²) in [6.07, 6.45) is 0.809. The van der Waals surface area contributed by atoms with Crippen LogP contribution < -0.4 is 11.3 Å². The number of nitrogens with one attached hydrogen (secondary N) is 1. The Morgan fingerprint density at radius 2 is 1.88 bits per heavy atom. The van der Waals surface area contributed by atoms with Crippen molar-refractivity contribution in [2.24, 2.45) is 5.73 Å². The first kappa shape index (κ1) is 18.5. The smallest absolute Gasteiger partial charge is 0.266 e. The van der Waals surface area contributed by atoms with E-state index in [-0.39, 0.29) is 29.8 Å². The molecule has 4 rings (SSSR count). The maximum absolute atomic E-state index is 12.2. The van der Waals surface area contributed by atoms with Crippen molar-refractivity contribution in [2.45, 2.75) is 19.4 Å². The highest BCUT2D eigenvalue weighted by molar-refractivity contribution is 7.17. The lowest BCUT2D eigenvalue weighted by molar-refractivity contribution is 0.478. The first-order chi connectivity index (χ1) is 12.0. The van der Waals surface area contributed by atoms with Crippen LogP contribution in [0.5, 0.6) is 5.75 Å². The molecule has 4 nitrogen and oxygen atoms in total. The molecule has 134 valence electrons. The summed E-state index contributed by atoms with van der Waals surface area (Å²) in [4.78, 5) is 15.1. The lowest BCUT2D eigenvalue weighted by atomic mass is 9.96. The van der Waals surface area contributed by atoms with Gasteiger partial charge in [0.25, 0.3) is 5.56 Å². The highest BCUT2D eigenvalue weighted by Gasteiger charge is 2.15. The molecule has 26 heavy (non-hydrogen) atoms. The zero-order valence-electron chi connectivity index (χ0n) is 14.2. The Bertz CT molecular complexity index is 1130. The third kappa shape index (κ3) is 3.09. The van der Waals surface area contributed by atoms with Gasteiger partial charge < -0.3 is 15.8 Å². The van der Waals surface area contributed by atoms with Crippen molar-refractivity contribution in [3.8, 4) is 16.9 Å². The molecular weight excluding hydrogens is 368 g/mol. The molecule has 0 aliphatic heterocycles. The zero-order valence-corrected chi connectivity index (χ0v) is 15.8. The van der Waals surface area contributed by atoms with Crippen LogP contribution in [-0.4, -0.2) is 16.1 Å². The summed E-state index contributed by atoms with van der Waals surface area (Å²) in [7, 11) is 0. The molecule has 4 N–H and O–H groups in total. The van der Waals surface area contributed by atoms with Crippen LogP contribution in [-0.2, 0) is 6.42 Å². The molecule has 2 aromatic heterocycles. The standard InChI is InChI=1S/C20H18N2O2S.ClH/c1-11(21)10-12-2-4-13(5-3-12)17-16(23)7-6-15-18(17)14-8-9-25-19(14)20(24)22-15;/h2-9,11,23H,10,21H2,1H3,(H,22,24);1H. The lowest BCUT2D eigenvalue weighted by Gasteiger charge is -2.12. The molecule has 0 radical (unpaired) electrons. The van der Waals surface area contributed by atoms with Gasteiger partial charge in [-0.2, -0.15) is 0 Å². The highest BCUT2D eigenvalue weighted by Crippen LogP contribution is 2.39. The van der Waals surface area contributed by atoms with Crippen LogP contribution in [0.25, 0.3) is 32.1 Å². The fourth-order valence-electron chi connectivity index (χ4n) is 3.31. The number of phenols is 1. The molecule has 4 aromatic rings. The number of benzene rings is 2. The van der Waals surface area contributed by atoms with Gasteiger partial charge in [0.05, 0.1) is 0 Å². The molecular formula is C20H19ClN2O2S. The average molecular weight is 387 g/mol. The van der Waals surface area contributed by atoms with Crippen LogP contribution in [0.3, 0.4) is 0 Å². The minimum absolute atomic E-state index is 0. The summed E-state index contributed by atoms with van der Waals surface area (Å²) in [6, 6.07) is 13.5. The van der Waals surface area contributed by atoms with Gasteiger partial charge >= 0.3 is 0 Å². The van der Waals surface area contributed by atoms with E-state index in [1.54, 1.807) is 12.1 Å². The number of pyridine rings is 1. The number of phenolic OH excluding ortho intramolecular Hbond substituents is 1. The molecule has 1 atom stereocenters. The molecule has 6 heteroatoms. The third-order valence-electron chi connectivity index (χ3n) is 4.37. The number of H-pyrrole nitrogens is 1. The fourth-order valence-corrected chi connectivity index (χ4v) is 4.10. The monoisotopic (exact) mass is 386 g/mol. The summed E-state index contributed by atoms with van der Waals surface area (Å²) in [6.45, 7) is 1.98. The SMILES string of the molecule is CC(N)Cc1ccc(-c2c(O)ccc3[nH]c(=O)c4sccc4c23)cc1.Cl. The summed E-state index contributed by atoms with van der Waals surface area (Å²) in [5.74, 6) is 0.201. The molecule has 0 saturated carbocycles. The molecule has 0 aliphatic rings. The third-order valence-corrected chi connectivity index (χ3v) is 5.29. The molecule has 0 bridgehead atoms. The van der Waals surface area contributed by atoms with Crippen LogP contribution in [0.2, 0.25) is 0 Å². The van der Waals surface area contributed by atoms with Crippen molar-refractivity contribution < 1.29 is 5.11 Å². The second-order valence-electron chi connectivity index (χ2n) is 6.38. The Morgan fingerprint density at radius 3 is 2.58 bits per heavy atom. The topological polar surface area (TPSA) is 79.1 Å². The number of nitrogens with two attached hydrogens (primary N) is 1. The van der Waals surface area contributed by atoms with Gasteiger partial charge in [-0.3, -0.25) is 4.79 Å². The quantitative estimate of drug-likeness (QED) is 0.487. The Morgan fingerprint density at radius 1 is 1.15 bits per heavy atom. The predicted molar refractivity (Wildman–Crippen MR) is 112 cm³/mol. The maximum Gasteiger partial charge on any atom is 0.266 e. The van der Waals surface area contributed by atoms with Crippen LogP contribution in [0.15, 0.2) is 52.6 Å². The van der Waals surface area contributed by atoms with E-state index in [0.29, 0.717) is 4.70 Å². The predicted octanol–water partition coefficient (Wildman–Crippen LogP) is 4.43. The highest BCUT2D eigenvalue weighted by atomic mass is 35.5. The van der Waals surface area contributed by atoms with Crippen molar-refractivity contribution >= 4 is 44.7 Å². The Hall–Kier alpha value is -2.34. The summed E-state index contributed by atoms with van der Waals surface area (Å²) in [5, 5.41) is 14.2. The lowest BCUT2D eigenvalue weighted by Crippen LogP contribution is -2.17. The van der Waals surface area contributed by atoms with Crippen molar-refractivity contribution in [1.82, 2.24) is 4.98 Å². The number of aromatic hydroxyl groups is 1. The molecule has 2 aromatic carbocycles. The van der Waals surface area contributed by atoms with Gasteiger partial charge in [-0.05, 0) is 48.1 Å². The molecule has 1 unspecified atom stereocenters.